The predicted octanol–water partition coefficient (Wildman–Crippen LogP) is 5.93. The fourth-order valence-electron chi connectivity index (χ4n) is 4.81. The highest BCUT2D eigenvalue weighted by molar-refractivity contribution is 6.07. The number of aryl methyl sites for hydroxylation is 1. The summed E-state index contributed by atoms with van der Waals surface area (Å²) in [5, 5.41) is 3.14. The third kappa shape index (κ3) is 7.69. The smallest absolute Gasteiger partial charge is 0.302 e. The number of nitrogens with zero attached hydrogens (tertiary/aromatic N) is 1. The Labute approximate surface area is 230 Å². The molecule has 3 aromatic carbocycles. The number of anilines is 1. The molecule has 39 heavy (non-hydrogen) atoms. The van der Waals surface area contributed by atoms with Crippen molar-refractivity contribution in [3.05, 3.63) is 95.6 Å². The van der Waals surface area contributed by atoms with Gasteiger partial charge in [0.15, 0.2) is 0 Å². The number of fused-ring (bicyclic) bond motifs is 1. The van der Waals surface area contributed by atoms with Crippen molar-refractivity contribution in [3.63, 3.8) is 0 Å². The van der Waals surface area contributed by atoms with Gasteiger partial charge in [-0.25, -0.2) is 0 Å². The Kier molecular flexibility index (Phi) is 10.1. The van der Waals surface area contributed by atoms with Gasteiger partial charge in [0, 0.05) is 18.2 Å². The van der Waals surface area contributed by atoms with Crippen molar-refractivity contribution >= 4 is 23.5 Å². The average Bonchev–Trinajstić information content (AvgIpc) is 3.13. The van der Waals surface area contributed by atoms with Crippen molar-refractivity contribution in [1.29, 1.82) is 0 Å². The molecule has 204 valence electrons. The van der Waals surface area contributed by atoms with Crippen molar-refractivity contribution in [1.82, 2.24) is 5.32 Å². The van der Waals surface area contributed by atoms with E-state index in [1.165, 1.54) is 6.92 Å². The first-order valence-electron chi connectivity index (χ1n) is 13.7. The minimum absolute atomic E-state index is 0.145. The monoisotopic (exact) mass is 528 g/mol. The van der Waals surface area contributed by atoms with Crippen LogP contribution in [0, 0.1) is 0 Å². The molecule has 0 aliphatic carbocycles. The van der Waals surface area contributed by atoms with Crippen molar-refractivity contribution in [3.8, 4) is 5.75 Å². The largest absolute Gasteiger partial charge is 0.493 e. The lowest BCUT2D eigenvalue weighted by atomic mass is 10.1. The number of ether oxygens (including phenoxy) is 2. The topological polar surface area (TPSA) is 84.9 Å². The highest BCUT2D eigenvalue weighted by atomic mass is 16.5. The summed E-state index contributed by atoms with van der Waals surface area (Å²) in [5.74, 6) is -0.158. The molecule has 4 rings (SSSR count). The fraction of sp³-hybridized carbons (Fsp3) is 0.344. The number of carbonyl (C=O) groups excluding carboxylic acids is 3. The Morgan fingerprint density at radius 2 is 1.54 bits per heavy atom. The van der Waals surface area contributed by atoms with Gasteiger partial charge >= 0.3 is 5.97 Å². The van der Waals surface area contributed by atoms with Crippen molar-refractivity contribution in [2.24, 2.45) is 0 Å². The zero-order valence-electron chi connectivity index (χ0n) is 22.4. The van der Waals surface area contributed by atoms with E-state index < -0.39 is 6.17 Å². The molecule has 1 aliphatic heterocycles. The summed E-state index contributed by atoms with van der Waals surface area (Å²) in [4.78, 5) is 39.9. The zero-order valence-corrected chi connectivity index (χ0v) is 22.4. The second-order valence-electron chi connectivity index (χ2n) is 9.65. The van der Waals surface area contributed by atoms with Gasteiger partial charge in [-0.15, -0.1) is 0 Å². The Morgan fingerprint density at radius 3 is 2.33 bits per heavy atom. The second-order valence-corrected chi connectivity index (χ2v) is 9.65. The van der Waals surface area contributed by atoms with Gasteiger partial charge in [0.25, 0.3) is 11.8 Å². The van der Waals surface area contributed by atoms with Gasteiger partial charge < -0.3 is 14.8 Å². The summed E-state index contributed by atoms with van der Waals surface area (Å²) in [7, 11) is 0. The predicted molar refractivity (Wildman–Crippen MR) is 151 cm³/mol. The van der Waals surface area contributed by atoms with Gasteiger partial charge in [-0.2, -0.15) is 0 Å². The van der Waals surface area contributed by atoms with Crippen LogP contribution in [0.5, 0.6) is 5.75 Å². The lowest BCUT2D eigenvalue weighted by Gasteiger charge is -2.32. The van der Waals surface area contributed by atoms with E-state index in [2.05, 4.69) is 5.32 Å². The van der Waals surface area contributed by atoms with Gasteiger partial charge in [0.05, 0.1) is 18.8 Å². The van der Waals surface area contributed by atoms with E-state index in [-0.39, 0.29) is 17.8 Å². The number of unbranched alkanes of at least 4 members (excludes halogenated alkanes) is 3. The van der Waals surface area contributed by atoms with Crippen LogP contribution in [0.15, 0.2) is 78.9 Å². The summed E-state index contributed by atoms with van der Waals surface area (Å²) >= 11 is 0. The number of rotatable bonds is 11. The van der Waals surface area contributed by atoms with Crippen molar-refractivity contribution < 1.29 is 23.9 Å². The molecule has 0 saturated heterocycles. The van der Waals surface area contributed by atoms with Crippen LogP contribution in [0.25, 0.3) is 0 Å². The zero-order chi connectivity index (χ0) is 27.5. The maximum absolute atomic E-state index is 13.7. The fourth-order valence-corrected chi connectivity index (χ4v) is 4.81. The Morgan fingerprint density at radius 1 is 0.846 bits per heavy atom. The van der Waals surface area contributed by atoms with Crippen LogP contribution in [-0.4, -0.2) is 37.2 Å². The maximum Gasteiger partial charge on any atom is 0.302 e. The lowest BCUT2D eigenvalue weighted by molar-refractivity contribution is -0.141. The Hall–Kier alpha value is -4.13. The van der Waals surface area contributed by atoms with Gasteiger partial charge in [0.2, 0.25) is 0 Å². The maximum atomic E-state index is 13.7. The molecule has 1 unspecified atom stereocenters. The average molecular weight is 529 g/mol. The van der Waals surface area contributed by atoms with Gasteiger partial charge in [-0.05, 0) is 80.8 Å². The van der Waals surface area contributed by atoms with Crippen LogP contribution in [-0.2, 0) is 16.0 Å². The summed E-state index contributed by atoms with van der Waals surface area (Å²) in [6.07, 6.45) is 5.34. The third-order valence-electron chi connectivity index (χ3n) is 6.76. The van der Waals surface area contributed by atoms with Gasteiger partial charge in [-0.3, -0.25) is 19.3 Å². The highest BCUT2D eigenvalue weighted by Crippen LogP contribution is 2.31. The van der Waals surface area contributed by atoms with E-state index in [9.17, 15) is 14.4 Å². The van der Waals surface area contributed by atoms with Crippen LogP contribution >= 0.6 is 0 Å². The summed E-state index contributed by atoms with van der Waals surface area (Å²) in [6, 6.07) is 24.3. The first-order valence-corrected chi connectivity index (χ1v) is 13.7. The molecule has 0 fully saturated rings. The number of hydrogen-bond acceptors (Lipinski definition) is 5. The number of para-hydroxylation sites is 2. The molecule has 0 bridgehead atoms. The van der Waals surface area contributed by atoms with Crippen molar-refractivity contribution in [2.75, 3.05) is 18.1 Å². The second kappa shape index (κ2) is 14.1. The van der Waals surface area contributed by atoms with Crippen LogP contribution in [0.1, 0.15) is 71.7 Å². The number of amides is 2. The van der Waals surface area contributed by atoms with Crippen LogP contribution < -0.4 is 15.0 Å². The van der Waals surface area contributed by atoms with Gasteiger partial charge in [0.1, 0.15) is 11.9 Å². The van der Waals surface area contributed by atoms with E-state index in [1.807, 2.05) is 54.6 Å². The normalized spacial score (nSPS) is 14.6. The molecular weight excluding hydrogens is 492 g/mol. The van der Waals surface area contributed by atoms with E-state index in [1.54, 1.807) is 29.2 Å². The minimum Gasteiger partial charge on any atom is -0.493 e. The van der Waals surface area contributed by atoms with Gasteiger partial charge in [-0.1, -0.05) is 48.5 Å². The van der Waals surface area contributed by atoms with Crippen LogP contribution in [0.4, 0.5) is 5.69 Å². The molecule has 0 saturated carbocycles. The third-order valence-corrected chi connectivity index (χ3v) is 6.76. The SMILES string of the molecule is CC(=O)OCCCCCCOc1ccccc1C(=O)NC1CCCc2ccccc2N1C(=O)c1ccccc1. The number of nitrogens with one attached hydrogen (secondary N) is 1. The molecular formula is C32H36N2O5. The lowest BCUT2D eigenvalue weighted by Crippen LogP contribution is -2.51. The first-order chi connectivity index (χ1) is 19.0. The molecule has 2 amide bonds. The highest BCUT2D eigenvalue weighted by Gasteiger charge is 2.31. The molecule has 1 aliphatic rings. The van der Waals surface area contributed by atoms with E-state index in [0.29, 0.717) is 36.5 Å². The molecule has 7 heteroatoms. The number of benzene rings is 3. The molecule has 3 aromatic rings. The van der Waals surface area contributed by atoms with E-state index in [0.717, 1.165) is 49.8 Å². The standard InChI is InChI=1S/C32H36N2O5/c1-24(35)38-22-11-2-3-12-23-39-29-20-10-8-18-27(29)31(36)33-30-21-13-17-25-14-7-9-19-28(25)34(30)32(37)26-15-5-4-6-16-26/h4-10,14-16,18-20,30H,2-3,11-13,17,21-23H2,1H3,(H,33,36). The summed E-state index contributed by atoms with van der Waals surface area (Å²) in [5.41, 5.74) is 2.93. The number of carbonyl (C=O) groups is 3. The van der Waals surface area contributed by atoms with E-state index in [4.69, 9.17) is 9.47 Å². The van der Waals surface area contributed by atoms with Crippen LogP contribution in [0.2, 0.25) is 0 Å². The Bertz CT molecular complexity index is 1260. The molecule has 1 atom stereocenters. The quantitative estimate of drug-likeness (QED) is 0.246. The number of esters is 1. The molecule has 0 spiro atoms. The molecule has 7 nitrogen and oxygen atoms in total. The van der Waals surface area contributed by atoms with E-state index >= 15 is 0 Å². The summed E-state index contributed by atoms with van der Waals surface area (Å²) < 4.78 is 10.9. The first kappa shape index (κ1) is 27.9. The number of hydrogen-bond donors (Lipinski definition) is 1. The Balaban J connectivity index is 1.44. The molecule has 1 heterocycles. The minimum atomic E-state index is -0.501. The molecule has 1 N–H and O–H groups in total. The van der Waals surface area contributed by atoms with Crippen LogP contribution in [0.3, 0.4) is 0 Å². The molecule has 0 radical (unpaired) electrons. The van der Waals surface area contributed by atoms with Crippen molar-refractivity contribution in [2.45, 2.75) is 58.0 Å². The summed E-state index contributed by atoms with van der Waals surface area (Å²) in [6.45, 7) is 2.33. The molecule has 0 aromatic heterocycles.